The van der Waals surface area contributed by atoms with Gasteiger partial charge in [-0.2, -0.15) is 0 Å². The van der Waals surface area contributed by atoms with Gasteiger partial charge in [0, 0.05) is 5.75 Å². The first kappa shape index (κ1) is 22.1. The highest BCUT2D eigenvalue weighted by molar-refractivity contribution is 8.00. The largest absolute Gasteiger partial charge is 0.492 e. The fourth-order valence-corrected chi connectivity index (χ4v) is 2.59. The molecule has 0 bridgehead atoms. The van der Waals surface area contributed by atoms with E-state index in [2.05, 4.69) is 0 Å². The first-order valence-electron chi connectivity index (χ1n) is 7.31. The van der Waals surface area contributed by atoms with Crippen LogP contribution >= 0.6 is 11.8 Å². The molecule has 24 heavy (non-hydrogen) atoms. The molecule has 0 aliphatic carbocycles. The van der Waals surface area contributed by atoms with E-state index < -0.39 is 46.5 Å². The van der Waals surface area contributed by atoms with E-state index in [4.69, 9.17) is 10.5 Å². The number of nitrogens with two attached hydrogens (primary N) is 1. The Morgan fingerprint density at radius 3 is 2.21 bits per heavy atom. The second-order valence-corrected chi connectivity index (χ2v) is 5.65. The Kier molecular flexibility index (Phi) is 9.21. The van der Waals surface area contributed by atoms with Gasteiger partial charge in [-0.25, -0.2) is 0 Å². The molecule has 0 aromatic heterocycles. The first-order chi connectivity index (χ1) is 11.2. The Labute approximate surface area is 143 Å². The highest BCUT2D eigenvalue weighted by Crippen LogP contribution is 2.25. The van der Waals surface area contributed by atoms with E-state index in [1.807, 2.05) is 13.8 Å². The number of hydrogen-bond acceptors (Lipinski definition) is 9. The van der Waals surface area contributed by atoms with Crippen LogP contribution in [-0.4, -0.2) is 69.5 Å². The lowest BCUT2D eigenvalue weighted by atomic mass is 10.0. The quantitative estimate of drug-likeness (QED) is 0.264. The summed E-state index contributed by atoms with van der Waals surface area (Å²) in [6.45, 7) is 4.72. The molecule has 1 saturated heterocycles. The Morgan fingerprint density at radius 1 is 1.29 bits per heavy atom. The van der Waals surface area contributed by atoms with Crippen LogP contribution in [0.5, 0.6) is 0 Å². The molecule has 138 valence electrons. The summed E-state index contributed by atoms with van der Waals surface area (Å²) in [7, 11) is 0. The number of likely N-dealkylation sites (tertiary alicyclic amines) is 1. The number of amides is 1. The number of thioether (sulfide) groups is 1. The number of esters is 1. The fraction of sp³-hybridized carbons (Fsp3) is 0.833. The van der Waals surface area contributed by atoms with Crippen molar-refractivity contribution in [2.24, 2.45) is 5.73 Å². The van der Waals surface area contributed by atoms with Gasteiger partial charge in [-0.3, -0.25) is 29.8 Å². The van der Waals surface area contributed by atoms with E-state index in [0.29, 0.717) is 0 Å². The molecule has 11 nitrogen and oxygen atoms in total. The molecule has 0 spiro atoms. The van der Waals surface area contributed by atoms with Gasteiger partial charge in [-0.1, -0.05) is 13.8 Å². The molecule has 1 amide bonds. The molecule has 12 heteroatoms. The van der Waals surface area contributed by atoms with E-state index >= 15 is 0 Å². The van der Waals surface area contributed by atoms with Crippen molar-refractivity contribution in [2.45, 2.75) is 32.5 Å². The fourth-order valence-electron chi connectivity index (χ4n) is 1.72. The minimum atomic E-state index is -2.30. The van der Waals surface area contributed by atoms with Crippen molar-refractivity contribution in [2.75, 3.05) is 31.2 Å². The second kappa shape index (κ2) is 10.0. The first-order valence-corrected chi connectivity index (χ1v) is 8.46. The number of ether oxygens (including phenoxy) is 1. The minimum Gasteiger partial charge on any atom is -0.465 e. The van der Waals surface area contributed by atoms with Gasteiger partial charge >= 0.3 is 11.6 Å². The van der Waals surface area contributed by atoms with Crippen LogP contribution in [0.3, 0.4) is 0 Å². The number of carbonyl (C=O) groups excluding carboxylic acids is 2. The summed E-state index contributed by atoms with van der Waals surface area (Å²) in [5.41, 5.74) is 3.23. The smallest absolute Gasteiger partial charge is 0.465 e. The molecule has 2 N–H and O–H groups in total. The van der Waals surface area contributed by atoms with Crippen LogP contribution < -0.4 is 5.73 Å². The molecule has 1 fully saturated rings. The van der Waals surface area contributed by atoms with Crippen molar-refractivity contribution in [3.63, 3.8) is 0 Å². The van der Waals surface area contributed by atoms with Crippen molar-refractivity contribution in [3.8, 4) is 0 Å². The number of nitrogens with zero attached hydrogens (tertiary/aromatic N) is 3. The molecule has 1 rings (SSSR count). The Morgan fingerprint density at radius 2 is 1.79 bits per heavy atom. The summed E-state index contributed by atoms with van der Waals surface area (Å²) in [5.74, 6) is -0.973. The Hall–Kier alpha value is -1.95. The van der Waals surface area contributed by atoms with Crippen LogP contribution in [0.25, 0.3) is 0 Å². The van der Waals surface area contributed by atoms with Gasteiger partial charge in [0.25, 0.3) is 0 Å². The average Bonchev–Trinajstić information content (AvgIpc) is 2.47. The molecule has 0 radical (unpaired) electrons. The van der Waals surface area contributed by atoms with Crippen LogP contribution in [0.1, 0.15) is 20.8 Å². The van der Waals surface area contributed by atoms with E-state index in [1.165, 1.54) is 0 Å². The summed E-state index contributed by atoms with van der Waals surface area (Å²) < 4.78 is 4.70. The van der Waals surface area contributed by atoms with Crippen molar-refractivity contribution in [1.82, 2.24) is 4.90 Å². The van der Waals surface area contributed by atoms with E-state index in [-0.39, 0.29) is 18.1 Å². The van der Waals surface area contributed by atoms with E-state index in [0.717, 1.165) is 16.7 Å². The monoisotopic (exact) mass is 366 g/mol. The highest BCUT2D eigenvalue weighted by atomic mass is 32.2. The van der Waals surface area contributed by atoms with Crippen molar-refractivity contribution in [1.29, 1.82) is 0 Å². The summed E-state index contributed by atoms with van der Waals surface area (Å²) in [4.78, 5) is 43.5. The number of nitro groups is 2. The lowest BCUT2D eigenvalue weighted by Crippen LogP contribution is -2.71. The third-order valence-electron chi connectivity index (χ3n) is 3.03. The zero-order valence-electron chi connectivity index (χ0n) is 13.8. The molecular formula is C12H22N4O7S. The third-order valence-corrected chi connectivity index (χ3v) is 4.08. The Balaban J connectivity index is 0.00000254. The highest BCUT2D eigenvalue weighted by Gasteiger charge is 2.67. The second-order valence-electron chi connectivity index (χ2n) is 4.62. The molecule has 1 aliphatic heterocycles. The summed E-state index contributed by atoms with van der Waals surface area (Å²) in [5, 5.41) is 21.4. The summed E-state index contributed by atoms with van der Waals surface area (Å²) in [6, 6.07) is -0.870. The van der Waals surface area contributed by atoms with Crippen LogP contribution in [0, 0.1) is 20.2 Å². The third kappa shape index (κ3) is 5.30. The standard InChI is InChI=1S/C10H16N4O7S.C2H6/c1-2-21-9(16)7(11)3-22-4-8(15)12-5-10(6-12,13(17)18)14(19)20;1-2/h7H,2-6,11H2,1H3;1-2H3. The summed E-state index contributed by atoms with van der Waals surface area (Å²) in [6.07, 6.45) is 0. The maximum atomic E-state index is 11.7. The molecule has 1 heterocycles. The maximum absolute atomic E-state index is 11.7. The number of hydrogen-bond donors (Lipinski definition) is 1. The lowest BCUT2D eigenvalue weighted by Gasteiger charge is -2.35. The van der Waals surface area contributed by atoms with E-state index in [1.54, 1.807) is 6.92 Å². The predicted molar refractivity (Wildman–Crippen MR) is 86.6 cm³/mol. The Bertz CT molecular complexity index is 466. The lowest BCUT2D eigenvalue weighted by molar-refractivity contribution is -0.809. The topological polar surface area (TPSA) is 159 Å². The van der Waals surface area contributed by atoms with E-state index in [9.17, 15) is 29.8 Å². The number of carbonyl (C=O) groups is 2. The molecule has 1 unspecified atom stereocenters. The van der Waals surface area contributed by atoms with Crippen LogP contribution in [-0.2, 0) is 14.3 Å². The average molecular weight is 366 g/mol. The molecule has 0 saturated carbocycles. The molecule has 1 aliphatic rings. The van der Waals surface area contributed by atoms with Crippen molar-refractivity contribution in [3.05, 3.63) is 20.2 Å². The van der Waals surface area contributed by atoms with Gasteiger partial charge in [0.05, 0.1) is 12.4 Å². The summed E-state index contributed by atoms with van der Waals surface area (Å²) >= 11 is 1.06. The van der Waals surface area contributed by atoms with Gasteiger partial charge in [0.15, 0.2) is 13.1 Å². The van der Waals surface area contributed by atoms with Gasteiger partial charge in [0.2, 0.25) is 5.91 Å². The van der Waals surface area contributed by atoms with Gasteiger partial charge in [-0.15, -0.1) is 11.8 Å². The predicted octanol–water partition coefficient (Wildman–Crippen LogP) is -0.272. The normalized spacial score (nSPS) is 16.1. The number of rotatable bonds is 8. The van der Waals surface area contributed by atoms with Gasteiger partial charge < -0.3 is 15.4 Å². The van der Waals surface area contributed by atoms with Crippen molar-refractivity contribution >= 4 is 23.6 Å². The van der Waals surface area contributed by atoms with Gasteiger partial charge in [-0.05, 0) is 6.92 Å². The minimum absolute atomic E-state index is 0.0708. The molecule has 0 aromatic carbocycles. The molecule has 1 atom stereocenters. The van der Waals surface area contributed by atoms with Gasteiger partial charge in [0.1, 0.15) is 15.9 Å². The SMILES string of the molecule is CC.CCOC(=O)C(N)CSCC(=O)N1CC([N+](=O)[O-])([N+](=O)[O-])C1. The zero-order valence-corrected chi connectivity index (χ0v) is 14.6. The van der Waals surface area contributed by atoms with Crippen molar-refractivity contribution < 1.29 is 24.2 Å². The van der Waals surface area contributed by atoms with Crippen LogP contribution in [0.2, 0.25) is 0 Å². The van der Waals surface area contributed by atoms with Crippen LogP contribution in [0.15, 0.2) is 0 Å². The zero-order chi connectivity index (χ0) is 18.9. The molecule has 0 aromatic rings. The van der Waals surface area contributed by atoms with Crippen LogP contribution in [0.4, 0.5) is 0 Å². The molecular weight excluding hydrogens is 344 g/mol. The maximum Gasteiger partial charge on any atom is 0.492 e.